The molecule has 0 aliphatic carbocycles. The molecular weight excluding hydrogens is 374 g/mol. The molecule has 1 saturated heterocycles. The molecular formula is C21H31N3O5. The predicted molar refractivity (Wildman–Crippen MR) is 108 cm³/mol. The number of rotatable bonds is 4. The van der Waals surface area contributed by atoms with Gasteiger partial charge in [-0.15, -0.1) is 0 Å². The number of carbonyl (C=O) groups excluding carboxylic acids is 2. The van der Waals surface area contributed by atoms with Crippen LogP contribution in [0.1, 0.15) is 43.5 Å². The Morgan fingerprint density at radius 3 is 2.38 bits per heavy atom. The van der Waals surface area contributed by atoms with Crippen molar-refractivity contribution in [2.45, 2.75) is 51.7 Å². The van der Waals surface area contributed by atoms with Crippen LogP contribution in [0.4, 0.5) is 0 Å². The fraction of sp³-hybridized carbons (Fsp3) is 0.619. The number of hydrogen-bond donors (Lipinski definition) is 2. The lowest BCUT2D eigenvalue weighted by Gasteiger charge is -2.48. The lowest BCUT2D eigenvalue weighted by Crippen LogP contribution is -2.61. The second-order valence-corrected chi connectivity index (χ2v) is 8.85. The van der Waals surface area contributed by atoms with E-state index in [0.29, 0.717) is 35.6 Å². The van der Waals surface area contributed by atoms with Crippen molar-refractivity contribution >= 4 is 11.8 Å². The number of nitrogens with one attached hydrogen (secondary N) is 1. The molecule has 0 unspecified atom stereocenters. The van der Waals surface area contributed by atoms with E-state index < -0.39 is 6.04 Å². The van der Waals surface area contributed by atoms with Crippen molar-refractivity contribution in [2.75, 3.05) is 34.4 Å². The van der Waals surface area contributed by atoms with E-state index in [4.69, 9.17) is 9.47 Å². The molecule has 0 spiro atoms. The number of amides is 2. The van der Waals surface area contributed by atoms with E-state index in [1.807, 2.05) is 39.6 Å². The number of benzene rings is 1. The van der Waals surface area contributed by atoms with Crippen LogP contribution in [0.3, 0.4) is 0 Å². The van der Waals surface area contributed by atoms with Crippen LogP contribution in [0.25, 0.3) is 0 Å². The third-order valence-corrected chi connectivity index (χ3v) is 5.71. The Balaban J connectivity index is 2.01. The van der Waals surface area contributed by atoms with Gasteiger partial charge in [0, 0.05) is 35.2 Å². The third kappa shape index (κ3) is 3.61. The molecule has 8 heteroatoms. The zero-order valence-corrected chi connectivity index (χ0v) is 18.3. The molecule has 1 fully saturated rings. The summed E-state index contributed by atoms with van der Waals surface area (Å²) < 4.78 is 11.1. The number of methoxy groups -OCH3 is 2. The molecule has 3 rings (SSSR count). The highest BCUT2D eigenvalue weighted by Gasteiger charge is 2.47. The smallest absolute Gasteiger partial charge is 0.240 e. The number of ether oxygens (including phenoxy) is 2. The van der Waals surface area contributed by atoms with Crippen LogP contribution < -0.4 is 14.8 Å². The molecule has 29 heavy (non-hydrogen) atoms. The maximum absolute atomic E-state index is 13.1. The second kappa shape index (κ2) is 7.40. The van der Waals surface area contributed by atoms with Gasteiger partial charge in [0.15, 0.2) is 11.5 Å². The molecule has 160 valence electrons. The highest BCUT2D eigenvalue weighted by molar-refractivity contribution is 5.89. The monoisotopic (exact) mass is 405 g/mol. The average Bonchev–Trinajstić information content (AvgIpc) is 2.60. The molecule has 8 nitrogen and oxygen atoms in total. The Kier molecular flexibility index (Phi) is 5.42. The number of fused-ring (bicyclic) bond motifs is 4. The van der Waals surface area contributed by atoms with Gasteiger partial charge in [-0.3, -0.25) is 14.5 Å². The Bertz CT molecular complexity index is 846. The van der Waals surface area contributed by atoms with Gasteiger partial charge in [-0.2, -0.15) is 0 Å². The maximum atomic E-state index is 13.1. The molecule has 2 aliphatic heterocycles. The highest BCUT2D eigenvalue weighted by atomic mass is 16.5. The number of phenols is 1. The molecule has 0 aromatic heterocycles. The summed E-state index contributed by atoms with van der Waals surface area (Å²) in [5, 5.41) is 13.9. The van der Waals surface area contributed by atoms with Gasteiger partial charge in [-0.25, -0.2) is 0 Å². The van der Waals surface area contributed by atoms with Crippen LogP contribution in [0, 0.1) is 6.92 Å². The van der Waals surface area contributed by atoms with Crippen LogP contribution in [0.5, 0.6) is 17.2 Å². The summed E-state index contributed by atoms with van der Waals surface area (Å²) in [6, 6.07) is -0.669. The summed E-state index contributed by atoms with van der Waals surface area (Å²) in [7, 11) is 4.97. The number of aromatic hydroxyl groups is 1. The minimum absolute atomic E-state index is 0.00678. The molecule has 0 radical (unpaired) electrons. The molecule has 1 aromatic carbocycles. The van der Waals surface area contributed by atoms with Crippen molar-refractivity contribution in [1.29, 1.82) is 0 Å². The normalized spacial score (nSPS) is 21.6. The summed E-state index contributed by atoms with van der Waals surface area (Å²) in [5.74, 6) is 0.806. The number of likely N-dealkylation sites (N-methyl/N-ethyl adjacent to an activating group) is 1. The van der Waals surface area contributed by atoms with E-state index in [1.54, 1.807) is 12.0 Å². The van der Waals surface area contributed by atoms with Gasteiger partial charge in [0.05, 0.1) is 32.8 Å². The number of nitrogens with zero attached hydrogens (tertiary/aromatic N) is 2. The average molecular weight is 405 g/mol. The minimum Gasteiger partial charge on any atom is -0.504 e. The molecule has 0 saturated carbocycles. The van der Waals surface area contributed by atoms with Gasteiger partial charge in [0.25, 0.3) is 0 Å². The predicted octanol–water partition coefficient (Wildman–Crippen LogP) is 1.37. The zero-order valence-electron chi connectivity index (χ0n) is 18.3. The second-order valence-electron chi connectivity index (χ2n) is 8.85. The largest absolute Gasteiger partial charge is 0.504 e. The van der Waals surface area contributed by atoms with Crippen molar-refractivity contribution in [3.8, 4) is 17.2 Å². The third-order valence-electron chi connectivity index (χ3n) is 5.71. The number of hydrogen-bond acceptors (Lipinski definition) is 6. The quantitative estimate of drug-likeness (QED) is 0.786. The van der Waals surface area contributed by atoms with Crippen molar-refractivity contribution in [3.05, 3.63) is 16.7 Å². The van der Waals surface area contributed by atoms with Crippen LogP contribution in [-0.4, -0.2) is 72.7 Å². The number of piperazine rings is 1. The molecule has 2 bridgehead atoms. The zero-order chi connectivity index (χ0) is 21.7. The van der Waals surface area contributed by atoms with E-state index in [0.717, 1.165) is 5.56 Å². The van der Waals surface area contributed by atoms with Gasteiger partial charge in [0.2, 0.25) is 11.8 Å². The van der Waals surface area contributed by atoms with Gasteiger partial charge in [0.1, 0.15) is 5.75 Å². The highest BCUT2D eigenvalue weighted by Crippen LogP contribution is 2.51. The Hall–Kier alpha value is -2.48. The molecule has 1 aromatic rings. The lowest BCUT2D eigenvalue weighted by atomic mass is 9.82. The van der Waals surface area contributed by atoms with Crippen LogP contribution in [0.15, 0.2) is 0 Å². The first-order chi connectivity index (χ1) is 13.5. The van der Waals surface area contributed by atoms with Crippen molar-refractivity contribution in [2.24, 2.45) is 0 Å². The van der Waals surface area contributed by atoms with Gasteiger partial charge < -0.3 is 24.8 Å². The van der Waals surface area contributed by atoms with Gasteiger partial charge in [-0.1, -0.05) is 0 Å². The fourth-order valence-electron chi connectivity index (χ4n) is 4.51. The van der Waals surface area contributed by atoms with Crippen LogP contribution in [0.2, 0.25) is 0 Å². The first kappa shape index (κ1) is 21.2. The lowest BCUT2D eigenvalue weighted by molar-refractivity contribution is -0.148. The van der Waals surface area contributed by atoms with E-state index in [2.05, 4.69) is 5.32 Å². The number of carbonyl (C=O) groups is 2. The first-order valence-corrected chi connectivity index (χ1v) is 9.78. The van der Waals surface area contributed by atoms with Crippen molar-refractivity contribution in [3.63, 3.8) is 0 Å². The minimum atomic E-state index is -0.412. The van der Waals surface area contributed by atoms with E-state index >= 15 is 0 Å². The summed E-state index contributed by atoms with van der Waals surface area (Å²) in [6.07, 6.45) is 0.403. The standard InChI is InChI=1S/C21H31N3O5/c1-11-18(28-6)12-8-13-20(27)24(10-15(25)22-21(2,3)4)9-14(23(13)5)16(12)17(26)19(11)29-7/h13-14,26H,8-10H2,1-7H3,(H,22,25)/t13-,14-/m0/s1. The van der Waals surface area contributed by atoms with Crippen LogP contribution >= 0.6 is 0 Å². The van der Waals surface area contributed by atoms with E-state index in [9.17, 15) is 14.7 Å². The summed E-state index contributed by atoms with van der Waals surface area (Å²) >= 11 is 0. The molecule has 2 atom stereocenters. The van der Waals surface area contributed by atoms with E-state index in [1.165, 1.54) is 7.11 Å². The first-order valence-electron chi connectivity index (χ1n) is 9.78. The summed E-state index contributed by atoms with van der Waals surface area (Å²) in [6.45, 7) is 7.84. The molecule has 2 aliphatic rings. The van der Waals surface area contributed by atoms with Crippen molar-refractivity contribution in [1.82, 2.24) is 15.1 Å². The summed E-state index contributed by atoms with van der Waals surface area (Å²) in [5.41, 5.74) is 1.88. The summed E-state index contributed by atoms with van der Waals surface area (Å²) in [4.78, 5) is 29.1. The topological polar surface area (TPSA) is 91.3 Å². The Labute approximate surface area is 171 Å². The fourth-order valence-corrected chi connectivity index (χ4v) is 4.51. The maximum Gasteiger partial charge on any atom is 0.240 e. The molecule has 2 amide bonds. The van der Waals surface area contributed by atoms with E-state index in [-0.39, 0.29) is 35.7 Å². The molecule has 2 heterocycles. The Morgan fingerprint density at radius 1 is 1.21 bits per heavy atom. The molecule has 2 N–H and O–H groups in total. The van der Waals surface area contributed by atoms with Crippen molar-refractivity contribution < 1.29 is 24.2 Å². The van der Waals surface area contributed by atoms with Crippen LogP contribution in [-0.2, 0) is 16.0 Å². The van der Waals surface area contributed by atoms with Gasteiger partial charge >= 0.3 is 0 Å². The SMILES string of the molecule is COc1c(C)c(OC)c2c(c1O)[C@@H]1CN(CC(=O)NC(C)(C)C)C(=O)[C@H](C2)N1C. The van der Waals surface area contributed by atoms with Gasteiger partial charge in [-0.05, 0) is 34.7 Å². The number of phenolic OH excluding ortho intramolecular Hbond substituents is 1. The Morgan fingerprint density at radius 2 is 1.83 bits per heavy atom.